The molecular formula is C10H11ClN2O4. The molecule has 0 aromatic heterocycles. The van der Waals surface area contributed by atoms with Gasteiger partial charge in [0.1, 0.15) is 12.6 Å². The van der Waals surface area contributed by atoms with Gasteiger partial charge in [0.05, 0.1) is 10.5 Å². The molecule has 7 heteroatoms. The number of nitro benzene ring substituents is 1. The summed E-state index contributed by atoms with van der Waals surface area (Å²) >= 11 is 5.64. The highest BCUT2D eigenvalue weighted by molar-refractivity contribution is 6.30. The molecule has 0 heterocycles. The Bertz CT molecular complexity index is 448. The van der Waals surface area contributed by atoms with Crippen LogP contribution in [0.15, 0.2) is 18.2 Å². The van der Waals surface area contributed by atoms with Crippen LogP contribution in [0.3, 0.4) is 0 Å². The van der Waals surface area contributed by atoms with E-state index in [1.54, 1.807) is 0 Å². The summed E-state index contributed by atoms with van der Waals surface area (Å²) in [5.41, 5.74) is 5.38. The summed E-state index contributed by atoms with van der Waals surface area (Å²) in [5.74, 6) is -0.616. The van der Waals surface area contributed by atoms with E-state index in [1.165, 1.54) is 25.1 Å². The minimum Gasteiger partial charge on any atom is -0.459 e. The minimum atomic E-state index is -0.763. The van der Waals surface area contributed by atoms with Crippen molar-refractivity contribution in [1.29, 1.82) is 0 Å². The van der Waals surface area contributed by atoms with Gasteiger partial charge in [-0.05, 0) is 19.1 Å². The van der Waals surface area contributed by atoms with Crippen molar-refractivity contribution in [3.05, 3.63) is 38.9 Å². The molecule has 0 aliphatic rings. The van der Waals surface area contributed by atoms with Gasteiger partial charge in [-0.1, -0.05) is 11.6 Å². The molecule has 0 saturated heterocycles. The van der Waals surface area contributed by atoms with Gasteiger partial charge in [-0.15, -0.1) is 0 Å². The standard InChI is InChI=1S/C10H11ClN2O4/c1-6(12)10(14)17-5-7-2-3-8(11)4-9(7)13(15)16/h2-4,6H,5,12H2,1H3/t6-/m0/s1. The first-order valence-electron chi connectivity index (χ1n) is 4.77. The number of nitrogens with two attached hydrogens (primary N) is 1. The third-order valence-electron chi connectivity index (χ3n) is 1.99. The molecule has 6 nitrogen and oxygen atoms in total. The summed E-state index contributed by atoms with van der Waals surface area (Å²) in [4.78, 5) is 21.3. The predicted octanol–water partition coefficient (Wildman–Crippen LogP) is 1.64. The summed E-state index contributed by atoms with van der Waals surface area (Å²) in [6.07, 6.45) is 0. The fourth-order valence-electron chi connectivity index (χ4n) is 1.11. The van der Waals surface area contributed by atoms with Crippen LogP contribution < -0.4 is 5.73 Å². The molecule has 1 aromatic carbocycles. The molecule has 0 bridgehead atoms. The number of carbonyl (C=O) groups is 1. The van der Waals surface area contributed by atoms with Crippen LogP contribution in [0.5, 0.6) is 0 Å². The van der Waals surface area contributed by atoms with E-state index in [4.69, 9.17) is 22.1 Å². The molecular weight excluding hydrogens is 248 g/mol. The van der Waals surface area contributed by atoms with Crippen LogP contribution in [0.25, 0.3) is 0 Å². The number of nitro groups is 1. The lowest BCUT2D eigenvalue weighted by atomic mass is 10.2. The second-order valence-corrected chi connectivity index (χ2v) is 3.86. The summed E-state index contributed by atoms with van der Waals surface area (Å²) in [5, 5.41) is 11.0. The summed E-state index contributed by atoms with van der Waals surface area (Å²) in [7, 11) is 0. The number of carbonyl (C=O) groups excluding carboxylic acids is 1. The van der Waals surface area contributed by atoms with E-state index in [0.717, 1.165) is 0 Å². The molecule has 92 valence electrons. The SMILES string of the molecule is C[C@H](N)C(=O)OCc1ccc(Cl)cc1[N+](=O)[O-]. The van der Waals surface area contributed by atoms with Crippen LogP contribution in [0.2, 0.25) is 5.02 Å². The quantitative estimate of drug-likeness (QED) is 0.503. The molecule has 1 aromatic rings. The van der Waals surface area contributed by atoms with Gasteiger partial charge in [0, 0.05) is 11.1 Å². The first kappa shape index (κ1) is 13.4. The van der Waals surface area contributed by atoms with Gasteiger partial charge < -0.3 is 10.5 Å². The van der Waals surface area contributed by atoms with E-state index < -0.39 is 16.9 Å². The van der Waals surface area contributed by atoms with E-state index in [0.29, 0.717) is 0 Å². The number of benzene rings is 1. The first-order valence-corrected chi connectivity index (χ1v) is 5.14. The number of halogens is 1. The molecule has 0 radical (unpaired) electrons. The number of nitrogens with zero attached hydrogens (tertiary/aromatic N) is 1. The van der Waals surface area contributed by atoms with Crippen LogP contribution in [0.4, 0.5) is 5.69 Å². The van der Waals surface area contributed by atoms with E-state index >= 15 is 0 Å². The zero-order valence-electron chi connectivity index (χ0n) is 9.05. The van der Waals surface area contributed by atoms with Crippen molar-refractivity contribution < 1.29 is 14.5 Å². The van der Waals surface area contributed by atoms with Crippen molar-refractivity contribution in [3.8, 4) is 0 Å². The lowest BCUT2D eigenvalue weighted by Gasteiger charge is -2.07. The van der Waals surface area contributed by atoms with Crippen LogP contribution in [-0.2, 0) is 16.1 Å². The molecule has 0 amide bonds. The van der Waals surface area contributed by atoms with Crippen LogP contribution in [-0.4, -0.2) is 16.9 Å². The zero-order valence-corrected chi connectivity index (χ0v) is 9.81. The molecule has 0 saturated carbocycles. The average molecular weight is 259 g/mol. The Labute approximate surface area is 102 Å². The third-order valence-corrected chi connectivity index (χ3v) is 2.22. The number of esters is 1. The minimum absolute atomic E-state index is 0.185. The molecule has 1 atom stereocenters. The van der Waals surface area contributed by atoms with Gasteiger partial charge in [0.15, 0.2) is 0 Å². The number of hydrogen-bond donors (Lipinski definition) is 1. The topological polar surface area (TPSA) is 95.5 Å². The van der Waals surface area contributed by atoms with Gasteiger partial charge in [-0.3, -0.25) is 14.9 Å². The summed E-state index contributed by atoms with van der Waals surface area (Å²) in [6, 6.07) is 3.37. The predicted molar refractivity (Wildman–Crippen MR) is 61.6 cm³/mol. The smallest absolute Gasteiger partial charge is 0.322 e. The molecule has 2 N–H and O–H groups in total. The lowest BCUT2D eigenvalue weighted by molar-refractivity contribution is -0.385. The van der Waals surface area contributed by atoms with Crippen LogP contribution in [0.1, 0.15) is 12.5 Å². The Morgan fingerprint density at radius 3 is 2.82 bits per heavy atom. The normalized spacial score (nSPS) is 11.9. The second-order valence-electron chi connectivity index (χ2n) is 3.43. The van der Waals surface area contributed by atoms with Crippen molar-refractivity contribution in [2.24, 2.45) is 5.73 Å². The Morgan fingerprint density at radius 1 is 1.65 bits per heavy atom. The van der Waals surface area contributed by atoms with Gasteiger partial charge >= 0.3 is 5.97 Å². The highest BCUT2D eigenvalue weighted by Gasteiger charge is 2.16. The third kappa shape index (κ3) is 3.69. The average Bonchev–Trinajstić information content (AvgIpc) is 2.26. The van der Waals surface area contributed by atoms with E-state index in [2.05, 4.69) is 0 Å². The molecule has 17 heavy (non-hydrogen) atoms. The maximum Gasteiger partial charge on any atom is 0.322 e. The molecule has 0 aliphatic heterocycles. The van der Waals surface area contributed by atoms with E-state index in [-0.39, 0.29) is 22.9 Å². The first-order chi connectivity index (χ1) is 7.91. The second kappa shape index (κ2) is 5.60. The number of hydrogen-bond acceptors (Lipinski definition) is 5. The van der Waals surface area contributed by atoms with Crippen molar-refractivity contribution in [2.45, 2.75) is 19.6 Å². The fraction of sp³-hybridized carbons (Fsp3) is 0.300. The van der Waals surface area contributed by atoms with E-state index in [9.17, 15) is 14.9 Å². The van der Waals surface area contributed by atoms with Crippen LogP contribution >= 0.6 is 11.6 Å². The Morgan fingerprint density at radius 2 is 2.29 bits per heavy atom. The summed E-state index contributed by atoms with van der Waals surface area (Å²) in [6.45, 7) is 1.27. The summed E-state index contributed by atoms with van der Waals surface area (Å²) < 4.78 is 4.81. The zero-order chi connectivity index (χ0) is 13.0. The lowest BCUT2D eigenvalue weighted by Crippen LogP contribution is -2.28. The van der Waals surface area contributed by atoms with Gasteiger partial charge in [0.25, 0.3) is 5.69 Å². The van der Waals surface area contributed by atoms with Gasteiger partial charge in [0.2, 0.25) is 0 Å². The van der Waals surface area contributed by atoms with Crippen LogP contribution in [0, 0.1) is 10.1 Å². The molecule has 0 fully saturated rings. The molecule has 0 spiro atoms. The van der Waals surface area contributed by atoms with Gasteiger partial charge in [-0.2, -0.15) is 0 Å². The highest BCUT2D eigenvalue weighted by atomic mass is 35.5. The van der Waals surface area contributed by atoms with Gasteiger partial charge in [-0.25, -0.2) is 0 Å². The highest BCUT2D eigenvalue weighted by Crippen LogP contribution is 2.23. The molecule has 1 rings (SSSR count). The maximum atomic E-state index is 11.1. The number of rotatable bonds is 4. The van der Waals surface area contributed by atoms with Crippen molar-refractivity contribution in [2.75, 3.05) is 0 Å². The van der Waals surface area contributed by atoms with Crippen molar-refractivity contribution in [3.63, 3.8) is 0 Å². The Balaban J connectivity index is 2.84. The number of ether oxygens (including phenoxy) is 1. The monoisotopic (exact) mass is 258 g/mol. The maximum absolute atomic E-state index is 11.1. The molecule has 0 aliphatic carbocycles. The Kier molecular flexibility index (Phi) is 4.42. The fourth-order valence-corrected chi connectivity index (χ4v) is 1.28. The van der Waals surface area contributed by atoms with Crippen molar-refractivity contribution in [1.82, 2.24) is 0 Å². The Hall–Kier alpha value is -1.66. The largest absolute Gasteiger partial charge is 0.459 e. The van der Waals surface area contributed by atoms with E-state index in [1.807, 2.05) is 0 Å². The molecule has 0 unspecified atom stereocenters. The van der Waals surface area contributed by atoms with Crippen molar-refractivity contribution >= 4 is 23.3 Å².